The Morgan fingerprint density at radius 2 is 1.77 bits per heavy atom. The molecule has 0 atom stereocenters. The normalized spacial score (nSPS) is 11.9. The molecule has 0 saturated heterocycles. The molecule has 166 valence electrons. The van der Waals surface area contributed by atoms with Crippen LogP contribution in [0.2, 0.25) is 22.6 Å². The first-order chi connectivity index (χ1) is 14.0. The molecule has 1 amide bonds. The highest BCUT2D eigenvalue weighted by Crippen LogP contribution is 2.36. The zero-order chi connectivity index (χ0) is 22.5. The summed E-state index contributed by atoms with van der Waals surface area (Å²) in [6, 6.07) is 0. The first-order valence-corrected chi connectivity index (χ1v) is 13.5. The van der Waals surface area contributed by atoms with Crippen LogP contribution in [0.25, 0.3) is 0 Å². The number of aromatic nitrogens is 3. The van der Waals surface area contributed by atoms with Gasteiger partial charge in [0.2, 0.25) is 17.7 Å². The second-order valence-electron chi connectivity index (χ2n) is 7.92. The number of halogens is 1. The quantitative estimate of drug-likeness (QED) is 0.410. The number of nitrogens with zero attached hydrogens (tertiary/aromatic N) is 3. The van der Waals surface area contributed by atoms with Gasteiger partial charge in [0.25, 0.3) is 5.91 Å². The number of methoxy groups -OCH3 is 2. The third kappa shape index (κ3) is 6.03. The van der Waals surface area contributed by atoms with Crippen molar-refractivity contribution in [3.8, 4) is 11.8 Å². The maximum Gasteiger partial charge on any atom is 0.275 e. The first kappa shape index (κ1) is 24.3. The van der Waals surface area contributed by atoms with Gasteiger partial charge in [-0.3, -0.25) is 4.79 Å². The van der Waals surface area contributed by atoms with Crippen molar-refractivity contribution in [2.45, 2.75) is 38.9 Å². The van der Waals surface area contributed by atoms with E-state index in [1.54, 1.807) is 5.38 Å². The van der Waals surface area contributed by atoms with Gasteiger partial charge in [0.1, 0.15) is 5.69 Å². The first-order valence-electron chi connectivity index (χ1n) is 9.28. The predicted molar refractivity (Wildman–Crippen MR) is 122 cm³/mol. The summed E-state index contributed by atoms with van der Waals surface area (Å²) in [6.45, 7) is 12.0. The van der Waals surface area contributed by atoms with Crippen molar-refractivity contribution in [3.05, 3.63) is 15.5 Å². The fourth-order valence-corrected chi connectivity index (χ4v) is 3.91. The molecule has 0 saturated carbocycles. The van der Waals surface area contributed by atoms with E-state index in [1.165, 1.54) is 14.2 Å². The zero-order valence-electron chi connectivity index (χ0n) is 18.3. The summed E-state index contributed by atoms with van der Waals surface area (Å²) >= 11 is 6.96. The molecule has 2 heterocycles. The van der Waals surface area contributed by atoms with Crippen molar-refractivity contribution in [1.82, 2.24) is 15.0 Å². The van der Waals surface area contributed by atoms with Crippen molar-refractivity contribution in [1.29, 1.82) is 0 Å². The van der Waals surface area contributed by atoms with E-state index < -0.39 is 14.2 Å². The molecule has 0 spiro atoms. The monoisotopic (exact) mass is 473 g/mol. The summed E-state index contributed by atoms with van der Waals surface area (Å²) in [4.78, 5) is 25.0. The Balaban J connectivity index is 2.09. The third-order valence-electron chi connectivity index (χ3n) is 4.83. The summed E-state index contributed by atoms with van der Waals surface area (Å²) in [5.74, 6) is 0.146. The van der Waals surface area contributed by atoms with Gasteiger partial charge in [-0.05, 0) is 18.1 Å². The van der Waals surface area contributed by atoms with E-state index in [1.807, 2.05) is 0 Å². The standard InChI is InChI=1S/C18H28ClN5O4SSi/c1-18(2,3)30(6,7)28-9-8-20-17-23-14(26-4)12(15(24-17)27-5)22-13(25)11-10-29-16(19)21-11/h10H,8-9H2,1-7H3,(H,22,25)(H,20,23,24). The summed E-state index contributed by atoms with van der Waals surface area (Å²) in [5.41, 5.74) is 0.385. The number of rotatable bonds is 9. The minimum absolute atomic E-state index is 0.136. The van der Waals surface area contributed by atoms with Crippen molar-refractivity contribution in [2.75, 3.05) is 38.0 Å². The molecule has 30 heavy (non-hydrogen) atoms. The number of carbonyl (C=O) groups excluding carboxylic acids is 1. The lowest BCUT2D eigenvalue weighted by atomic mass is 10.2. The average molecular weight is 474 g/mol. The molecule has 0 unspecified atom stereocenters. The van der Waals surface area contributed by atoms with Gasteiger partial charge in [0, 0.05) is 11.9 Å². The van der Waals surface area contributed by atoms with E-state index in [4.69, 9.17) is 25.5 Å². The SMILES string of the molecule is COc1nc(NCCO[Si](C)(C)C(C)(C)C)nc(OC)c1NC(=O)c1csc(Cl)n1. The van der Waals surface area contributed by atoms with E-state index in [2.05, 4.69) is 59.5 Å². The van der Waals surface area contributed by atoms with Gasteiger partial charge in [-0.15, -0.1) is 11.3 Å². The molecular formula is C18H28ClN5O4SSi. The van der Waals surface area contributed by atoms with E-state index in [-0.39, 0.29) is 32.6 Å². The van der Waals surface area contributed by atoms with Crippen LogP contribution in [0.4, 0.5) is 11.6 Å². The average Bonchev–Trinajstić information content (AvgIpc) is 3.11. The highest BCUT2D eigenvalue weighted by Gasteiger charge is 2.36. The number of anilines is 2. The summed E-state index contributed by atoms with van der Waals surface area (Å²) in [6.07, 6.45) is 0. The Kier molecular flexibility index (Phi) is 8.03. The molecule has 0 radical (unpaired) electrons. The third-order valence-corrected chi connectivity index (χ3v) is 10.3. The molecule has 0 fully saturated rings. The zero-order valence-corrected chi connectivity index (χ0v) is 20.8. The van der Waals surface area contributed by atoms with Crippen molar-refractivity contribution >= 4 is 48.8 Å². The largest absolute Gasteiger partial charge is 0.479 e. The van der Waals surface area contributed by atoms with Crippen LogP contribution in [-0.2, 0) is 4.43 Å². The second-order valence-corrected chi connectivity index (χ2v) is 14.2. The number of amides is 1. The number of carbonyl (C=O) groups is 1. The predicted octanol–water partition coefficient (Wildman–Crippen LogP) is 4.29. The van der Waals surface area contributed by atoms with Gasteiger partial charge in [-0.2, -0.15) is 9.97 Å². The lowest BCUT2D eigenvalue weighted by Gasteiger charge is -2.36. The number of nitrogens with one attached hydrogen (secondary N) is 2. The molecular weight excluding hydrogens is 446 g/mol. The molecule has 0 aromatic carbocycles. The van der Waals surface area contributed by atoms with Gasteiger partial charge in [-0.25, -0.2) is 4.98 Å². The van der Waals surface area contributed by atoms with E-state index in [0.717, 1.165) is 11.3 Å². The van der Waals surface area contributed by atoms with Crippen LogP contribution >= 0.6 is 22.9 Å². The minimum Gasteiger partial charge on any atom is -0.479 e. The lowest BCUT2D eigenvalue weighted by Crippen LogP contribution is -2.41. The van der Waals surface area contributed by atoms with Crippen molar-refractivity contribution < 1.29 is 18.7 Å². The summed E-state index contributed by atoms with van der Waals surface area (Å²) in [5, 5.41) is 7.46. The van der Waals surface area contributed by atoms with E-state index in [0.29, 0.717) is 19.1 Å². The van der Waals surface area contributed by atoms with Gasteiger partial charge < -0.3 is 24.5 Å². The van der Waals surface area contributed by atoms with Crippen LogP contribution in [-0.4, -0.2) is 56.5 Å². The molecule has 0 aliphatic rings. The topological polar surface area (TPSA) is 107 Å². The molecule has 9 nitrogen and oxygen atoms in total. The maximum absolute atomic E-state index is 12.4. The maximum atomic E-state index is 12.4. The highest BCUT2D eigenvalue weighted by atomic mass is 35.5. The number of hydrogen-bond acceptors (Lipinski definition) is 9. The molecule has 2 N–H and O–H groups in total. The van der Waals surface area contributed by atoms with Gasteiger partial charge in [0.15, 0.2) is 18.5 Å². The Morgan fingerprint density at radius 1 is 1.17 bits per heavy atom. The molecule has 2 aromatic rings. The van der Waals surface area contributed by atoms with Crippen LogP contribution in [0.3, 0.4) is 0 Å². The molecule has 12 heteroatoms. The van der Waals surface area contributed by atoms with E-state index in [9.17, 15) is 4.79 Å². The van der Waals surface area contributed by atoms with Gasteiger partial charge >= 0.3 is 0 Å². The fraction of sp³-hybridized carbons (Fsp3) is 0.556. The Labute approximate surface area is 186 Å². The number of thiazole rings is 1. The van der Waals surface area contributed by atoms with Gasteiger partial charge in [-0.1, -0.05) is 32.4 Å². The van der Waals surface area contributed by atoms with Crippen LogP contribution < -0.4 is 20.1 Å². The fourth-order valence-electron chi connectivity index (χ4n) is 2.12. The molecule has 0 bridgehead atoms. The van der Waals surface area contributed by atoms with Crippen molar-refractivity contribution in [2.24, 2.45) is 0 Å². The Bertz CT molecular complexity index is 863. The van der Waals surface area contributed by atoms with Gasteiger partial charge in [0.05, 0.1) is 20.8 Å². The summed E-state index contributed by atoms with van der Waals surface area (Å²) in [7, 11) is 1.06. The molecule has 2 rings (SSSR count). The van der Waals surface area contributed by atoms with Crippen LogP contribution in [0, 0.1) is 0 Å². The lowest BCUT2D eigenvalue weighted by molar-refractivity contribution is 0.102. The van der Waals surface area contributed by atoms with Crippen LogP contribution in [0.15, 0.2) is 5.38 Å². The van der Waals surface area contributed by atoms with Crippen LogP contribution in [0.5, 0.6) is 11.8 Å². The second kappa shape index (κ2) is 9.90. The number of hydrogen-bond donors (Lipinski definition) is 2. The Hall–Kier alpha value is -1.95. The molecule has 2 aromatic heterocycles. The van der Waals surface area contributed by atoms with Crippen LogP contribution in [0.1, 0.15) is 31.3 Å². The highest BCUT2D eigenvalue weighted by molar-refractivity contribution is 7.14. The summed E-state index contributed by atoms with van der Waals surface area (Å²) < 4.78 is 17.1. The number of ether oxygens (including phenoxy) is 2. The minimum atomic E-state index is -1.83. The van der Waals surface area contributed by atoms with Crippen molar-refractivity contribution in [3.63, 3.8) is 0 Å². The Morgan fingerprint density at radius 3 is 2.23 bits per heavy atom. The smallest absolute Gasteiger partial charge is 0.275 e. The van der Waals surface area contributed by atoms with E-state index >= 15 is 0 Å². The molecule has 0 aliphatic carbocycles. The molecule has 0 aliphatic heterocycles.